The van der Waals surface area contributed by atoms with Gasteiger partial charge in [0.15, 0.2) is 0 Å². The first-order chi connectivity index (χ1) is 7.97. The summed E-state index contributed by atoms with van der Waals surface area (Å²) in [7, 11) is 1.41. The molecule has 0 unspecified atom stereocenters. The third kappa shape index (κ3) is 3.82. The maximum Gasteiger partial charge on any atom is 0.312 e. The lowest BCUT2D eigenvalue weighted by atomic mass is 9.93. The molecule has 0 radical (unpaired) electrons. The van der Waals surface area contributed by atoms with Crippen molar-refractivity contribution in [2.24, 2.45) is 5.41 Å². The number of rotatable bonds is 5. The quantitative estimate of drug-likeness (QED) is 0.794. The number of carbonyl (C=O) groups is 1. The summed E-state index contributed by atoms with van der Waals surface area (Å²) < 4.78 is 4.76. The number of ether oxygens (including phenoxy) is 1. The lowest BCUT2D eigenvalue weighted by molar-refractivity contribution is -0.150. The Kier molecular flexibility index (Phi) is 4.63. The van der Waals surface area contributed by atoms with Crippen LogP contribution in [0.25, 0.3) is 0 Å². The van der Waals surface area contributed by atoms with Gasteiger partial charge in [-0.2, -0.15) is 0 Å². The summed E-state index contributed by atoms with van der Waals surface area (Å²) in [5.74, 6) is -0.202. The van der Waals surface area contributed by atoms with Crippen LogP contribution in [0, 0.1) is 5.41 Å². The largest absolute Gasteiger partial charge is 0.469 e. The minimum absolute atomic E-state index is 0.182. The summed E-state index contributed by atoms with van der Waals surface area (Å²) >= 11 is 0. The minimum atomic E-state index is -0.518. The van der Waals surface area contributed by atoms with Gasteiger partial charge in [0.1, 0.15) is 0 Å². The highest BCUT2D eigenvalue weighted by molar-refractivity contribution is 5.76. The van der Waals surface area contributed by atoms with Gasteiger partial charge in [-0.15, -0.1) is 0 Å². The molecule has 0 fully saturated rings. The molecule has 4 nitrogen and oxygen atoms in total. The van der Waals surface area contributed by atoms with Crippen LogP contribution in [0.4, 0.5) is 0 Å². The Bertz CT molecular complexity index is 363. The van der Waals surface area contributed by atoms with Crippen LogP contribution in [0.2, 0.25) is 0 Å². The molecule has 4 heteroatoms. The summed E-state index contributed by atoms with van der Waals surface area (Å²) in [6.45, 7) is 6.36. The maximum absolute atomic E-state index is 11.5. The summed E-state index contributed by atoms with van der Waals surface area (Å²) in [6.07, 6.45) is 3.53. The number of pyridine rings is 1. The van der Waals surface area contributed by atoms with E-state index in [2.05, 4.69) is 17.2 Å². The predicted molar refractivity (Wildman–Crippen MR) is 66.5 cm³/mol. The van der Waals surface area contributed by atoms with Gasteiger partial charge < -0.3 is 10.1 Å². The summed E-state index contributed by atoms with van der Waals surface area (Å²) in [5, 5.41) is 3.33. The fourth-order valence-corrected chi connectivity index (χ4v) is 1.53. The van der Waals surface area contributed by atoms with Gasteiger partial charge >= 0.3 is 5.97 Å². The van der Waals surface area contributed by atoms with Crippen molar-refractivity contribution in [2.75, 3.05) is 13.7 Å². The Hall–Kier alpha value is -1.42. The van der Waals surface area contributed by atoms with Crippen LogP contribution >= 0.6 is 0 Å². The highest BCUT2D eigenvalue weighted by Gasteiger charge is 2.28. The Morgan fingerprint density at radius 3 is 2.59 bits per heavy atom. The van der Waals surface area contributed by atoms with Crippen molar-refractivity contribution in [2.45, 2.75) is 26.8 Å². The van der Waals surface area contributed by atoms with Crippen LogP contribution in [0.1, 0.15) is 32.4 Å². The SMILES string of the molecule is COC(=O)C(C)(C)CN[C@@H](C)c1ccncc1. The van der Waals surface area contributed by atoms with Gasteiger partial charge in [0.25, 0.3) is 0 Å². The van der Waals surface area contributed by atoms with Crippen LogP contribution in [0.5, 0.6) is 0 Å². The van der Waals surface area contributed by atoms with Gasteiger partial charge in [0.05, 0.1) is 12.5 Å². The topological polar surface area (TPSA) is 51.2 Å². The van der Waals surface area contributed by atoms with Gasteiger partial charge in [0, 0.05) is 25.0 Å². The van der Waals surface area contributed by atoms with Crippen molar-refractivity contribution in [3.63, 3.8) is 0 Å². The van der Waals surface area contributed by atoms with Crippen LogP contribution < -0.4 is 5.32 Å². The highest BCUT2D eigenvalue weighted by atomic mass is 16.5. The lowest BCUT2D eigenvalue weighted by Crippen LogP contribution is -2.37. The molecule has 0 spiro atoms. The van der Waals surface area contributed by atoms with Gasteiger partial charge in [-0.05, 0) is 38.5 Å². The number of hydrogen-bond donors (Lipinski definition) is 1. The number of hydrogen-bond acceptors (Lipinski definition) is 4. The van der Waals surface area contributed by atoms with E-state index < -0.39 is 5.41 Å². The Balaban J connectivity index is 2.54. The van der Waals surface area contributed by atoms with E-state index in [0.717, 1.165) is 5.56 Å². The average Bonchev–Trinajstić information content (AvgIpc) is 2.36. The molecule has 94 valence electrons. The smallest absolute Gasteiger partial charge is 0.312 e. The molecule has 1 N–H and O–H groups in total. The third-order valence-electron chi connectivity index (χ3n) is 2.79. The van der Waals surface area contributed by atoms with Crippen molar-refractivity contribution < 1.29 is 9.53 Å². The molecule has 0 saturated carbocycles. The van der Waals surface area contributed by atoms with Crippen LogP contribution in [0.15, 0.2) is 24.5 Å². The number of nitrogens with one attached hydrogen (secondary N) is 1. The molecule has 0 aliphatic carbocycles. The van der Waals surface area contributed by atoms with Crippen molar-refractivity contribution in [1.29, 1.82) is 0 Å². The molecule has 0 aliphatic heterocycles. The number of esters is 1. The van der Waals surface area contributed by atoms with Crippen molar-refractivity contribution in [3.05, 3.63) is 30.1 Å². The Labute approximate surface area is 102 Å². The van der Waals surface area contributed by atoms with Gasteiger partial charge in [-0.25, -0.2) is 0 Å². The zero-order valence-corrected chi connectivity index (χ0v) is 10.9. The molecule has 0 bridgehead atoms. The van der Waals surface area contributed by atoms with E-state index in [1.54, 1.807) is 12.4 Å². The van der Waals surface area contributed by atoms with Crippen molar-refractivity contribution in [3.8, 4) is 0 Å². The van der Waals surface area contributed by atoms with E-state index in [-0.39, 0.29) is 12.0 Å². The molecule has 1 aromatic rings. The summed E-state index contributed by atoms with van der Waals surface area (Å²) in [5.41, 5.74) is 0.636. The second kappa shape index (κ2) is 5.77. The molecule has 0 amide bonds. The normalized spacial score (nSPS) is 13.2. The summed E-state index contributed by atoms with van der Waals surface area (Å²) in [4.78, 5) is 15.5. The number of aromatic nitrogens is 1. The van der Waals surface area contributed by atoms with E-state index in [9.17, 15) is 4.79 Å². The second-order valence-electron chi connectivity index (χ2n) is 4.76. The highest BCUT2D eigenvalue weighted by Crippen LogP contribution is 2.18. The molecule has 1 heterocycles. The van der Waals surface area contributed by atoms with Crippen molar-refractivity contribution in [1.82, 2.24) is 10.3 Å². The fourth-order valence-electron chi connectivity index (χ4n) is 1.53. The summed E-state index contributed by atoms with van der Waals surface area (Å²) in [6, 6.07) is 4.10. The Morgan fingerprint density at radius 1 is 1.47 bits per heavy atom. The van der Waals surface area contributed by atoms with Crippen LogP contribution in [-0.4, -0.2) is 24.6 Å². The molecule has 1 atom stereocenters. The molecule has 17 heavy (non-hydrogen) atoms. The van der Waals surface area contributed by atoms with Gasteiger partial charge in [0.2, 0.25) is 0 Å². The first kappa shape index (κ1) is 13.6. The first-order valence-electron chi connectivity index (χ1n) is 5.69. The molecular weight excluding hydrogens is 216 g/mol. The monoisotopic (exact) mass is 236 g/mol. The third-order valence-corrected chi connectivity index (χ3v) is 2.79. The van der Waals surface area contributed by atoms with E-state index >= 15 is 0 Å². The molecule has 0 saturated heterocycles. The first-order valence-corrected chi connectivity index (χ1v) is 5.69. The zero-order chi connectivity index (χ0) is 12.9. The zero-order valence-electron chi connectivity index (χ0n) is 10.9. The standard InChI is InChI=1S/C13H20N2O2/c1-10(11-5-7-14-8-6-11)15-9-13(2,3)12(16)17-4/h5-8,10,15H,9H2,1-4H3/t10-/m0/s1. The van der Waals surface area contributed by atoms with Crippen LogP contribution in [-0.2, 0) is 9.53 Å². The molecule has 0 aliphatic rings. The van der Waals surface area contributed by atoms with Crippen LogP contribution in [0.3, 0.4) is 0 Å². The van der Waals surface area contributed by atoms with Crippen molar-refractivity contribution >= 4 is 5.97 Å². The average molecular weight is 236 g/mol. The maximum atomic E-state index is 11.5. The molecule has 0 aromatic carbocycles. The van der Waals surface area contributed by atoms with E-state index in [4.69, 9.17) is 4.74 Å². The molecule has 1 rings (SSSR count). The second-order valence-corrected chi connectivity index (χ2v) is 4.76. The van der Waals surface area contributed by atoms with Gasteiger partial charge in [-0.3, -0.25) is 9.78 Å². The number of methoxy groups -OCH3 is 1. The lowest BCUT2D eigenvalue weighted by Gasteiger charge is -2.24. The Morgan fingerprint density at radius 2 is 2.06 bits per heavy atom. The van der Waals surface area contributed by atoms with Gasteiger partial charge in [-0.1, -0.05) is 0 Å². The number of carbonyl (C=O) groups excluding carboxylic acids is 1. The molecular formula is C13H20N2O2. The van der Waals surface area contributed by atoms with E-state index in [1.165, 1.54) is 7.11 Å². The fraction of sp³-hybridized carbons (Fsp3) is 0.538. The minimum Gasteiger partial charge on any atom is -0.469 e. The predicted octanol–water partition coefficient (Wildman–Crippen LogP) is 1.93. The van der Waals surface area contributed by atoms with E-state index in [1.807, 2.05) is 26.0 Å². The molecule has 1 aromatic heterocycles. The number of nitrogens with zero attached hydrogens (tertiary/aromatic N) is 1. The van der Waals surface area contributed by atoms with E-state index in [0.29, 0.717) is 6.54 Å².